The Balaban J connectivity index is 1.29. The maximum Gasteiger partial charge on any atom is 0.134 e. The van der Waals surface area contributed by atoms with Crippen molar-refractivity contribution in [2.45, 2.75) is 0 Å². The first kappa shape index (κ1) is 28.6. The van der Waals surface area contributed by atoms with Gasteiger partial charge in [-0.05, 0) is 103 Å². The molecule has 0 saturated carbocycles. The van der Waals surface area contributed by atoms with E-state index in [1.165, 1.54) is 6.07 Å². The van der Waals surface area contributed by atoms with Crippen molar-refractivity contribution in [2.75, 3.05) is 19.1 Å². The second-order valence-electron chi connectivity index (χ2n) is 9.71. The third-order valence-corrected chi connectivity index (χ3v) is 9.65. The van der Waals surface area contributed by atoms with Crippen molar-refractivity contribution >= 4 is 39.7 Å². The average Bonchev–Trinajstić information content (AvgIpc) is 3.76. The third kappa shape index (κ3) is 5.48. The number of phenolic OH excluding ortho intramolecular Hbond substituents is 1. The molecule has 0 atom stereocenters. The van der Waals surface area contributed by atoms with Gasteiger partial charge in [0.25, 0.3) is 0 Å². The van der Waals surface area contributed by atoms with Gasteiger partial charge in [-0.2, -0.15) is 10.5 Å². The smallest absolute Gasteiger partial charge is 0.134 e. The monoisotopic (exact) mass is 611 g/mol. The predicted octanol–water partition coefficient (Wildman–Crippen LogP) is 9.75. The number of nitriles is 2. The molecule has 0 spiro atoms. The van der Waals surface area contributed by atoms with E-state index in [1.807, 2.05) is 66.7 Å². The van der Waals surface area contributed by atoms with Crippen LogP contribution in [0.2, 0.25) is 0 Å². The Hall–Kier alpha value is -5.54. The average molecular weight is 612 g/mol. The van der Waals surface area contributed by atoms with E-state index in [1.54, 1.807) is 43.0 Å². The molecule has 2 aromatic heterocycles. The van der Waals surface area contributed by atoms with Crippen LogP contribution in [0.25, 0.3) is 30.6 Å². The normalized spacial score (nSPS) is 10.5. The van der Waals surface area contributed by atoms with Gasteiger partial charge >= 0.3 is 0 Å². The summed E-state index contributed by atoms with van der Waals surface area (Å²) < 4.78 is 10.7. The minimum absolute atomic E-state index is 0.000598. The molecule has 6 nitrogen and oxygen atoms in total. The molecule has 0 aliphatic carbocycles. The lowest BCUT2D eigenvalue weighted by Gasteiger charge is -2.26. The summed E-state index contributed by atoms with van der Waals surface area (Å²) in [4.78, 5) is 6.36. The van der Waals surface area contributed by atoms with Gasteiger partial charge in [0, 0.05) is 42.1 Å². The first-order chi connectivity index (χ1) is 21.5. The largest absolute Gasteiger partial charge is 0.507 e. The number of phenols is 1. The highest BCUT2D eigenvalue weighted by molar-refractivity contribution is 7.25. The lowest BCUT2D eigenvalue weighted by Crippen LogP contribution is -2.09. The zero-order valence-corrected chi connectivity index (χ0v) is 25.4. The number of nitrogens with zero attached hydrogens (tertiary/aromatic N) is 3. The van der Waals surface area contributed by atoms with Gasteiger partial charge < -0.3 is 19.5 Å². The summed E-state index contributed by atoms with van der Waals surface area (Å²) in [6.07, 6.45) is 0. The van der Waals surface area contributed by atoms with Gasteiger partial charge in [0.15, 0.2) is 0 Å². The molecule has 1 N–H and O–H groups in total. The standard InChI is InChI=1S/C36H25N3O3S2/c1-41-27-11-7-25(8-12-27)39(26-9-13-28(42-2)14-10-26)24-5-3-23(4-6-24)33-17-19-35(43-33)36-20-18-34(44-36)29-15-16-32(40)31(22-38)30(29)21-37/h3-20,40H,1-2H3. The number of anilines is 3. The molecule has 0 bridgehead atoms. The number of hydrogen-bond donors (Lipinski definition) is 1. The summed E-state index contributed by atoms with van der Waals surface area (Å²) in [5, 5.41) is 29.1. The first-order valence-corrected chi connectivity index (χ1v) is 15.2. The number of methoxy groups -OCH3 is 2. The quantitative estimate of drug-likeness (QED) is 0.184. The molecule has 0 radical (unpaired) electrons. The molecule has 4 aromatic carbocycles. The Morgan fingerprint density at radius 3 is 1.50 bits per heavy atom. The highest BCUT2D eigenvalue weighted by Crippen LogP contribution is 2.43. The van der Waals surface area contributed by atoms with Crippen LogP contribution in [0.4, 0.5) is 17.1 Å². The number of benzene rings is 4. The lowest BCUT2D eigenvalue weighted by atomic mass is 10.0. The maximum atomic E-state index is 10.0. The molecule has 0 amide bonds. The molecule has 6 rings (SSSR count). The molecule has 44 heavy (non-hydrogen) atoms. The third-order valence-electron chi connectivity index (χ3n) is 7.20. The van der Waals surface area contributed by atoms with E-state index in [4.69, 9.17) is 9.47 Å². The number of thiophene rings is 2. The van der Waals surface area contributed by atoms with Crippen LogP contribution in [0.1, 0.15) is 11.1 Å². The van der Waals surface area contributed by atoms with Crippen molar-refractivity contribution in [1.82, 2.24) is 0 Å². The Bertz CT molecular complexity index is 1970. The molecule has 2 heterocycles. The summed E-state index contributed by atoms with van der Waals surface area (Å²) in [6.45, 7) is 0. The number of aromatic hydroxyl groups is 1. The lowest BCUT2D eigenvalue weighted by molar-refractivity contribution is 0.415. The van der Waals surface area contributed by atoms with Gasteiger partial charge in [0.05, 0.1) is 19.8 Å². The van der Waals surface area contributed by atoms with E-state index in [0.717, 1.165) is 53.6 Å². The molecule has 0 fully saturated rings. The van der Waals surface area contributed by atoms with Crippen LogP contribution in [0.5, 0.6) is 17.2 Å². The zero-order chi connectivity index (χ0) is 30.6. The summed E-state index contributed by atoms with van der Waals surface area (Å²) in [6, 6.07) is 39.8. The second kappa shape index (κ2) is 12.4. The highest BCUT2D eigenvalue weighted by Gasteiger charge is 2.17. The van der Waals surface area contributed by atoms with Crippen LogP contribution in [0.3, 0.4) is 0 Å². The summed E-state index contributed by atoms with van der Waals surface area (Å²) in [5.41, 5.74) is 4.96. The number of ether oxygens (including phenoxy) is 2. The SMILES string of the molecule is COc1ccc(N(c2ccc(OC)cc2)c2ccc(-c3ccc(-c4ccc(-c5ccc(O)c(C#N)c5C#N)s4)s3)cc2)cc1. The van der Waals surface area contributed by atoms with Crippen molar-refractivity contribution in [3.05, 3.63) is 120 Å². The van der Waals surface area contributed by atoms with Gasteiger partial charge in [-0.1, -0.05) is 12.1 Å². The summed E-state index contributed by atoms with van der Waals surface area (Å²) in [7, 11) is 3.32. The molecule has 6 aromatic rings. The predicted molar refractivity (Wildman–Crippen MR) is 177 cm³/mol. The van der Waals surface area contributed by atoms with Crippen molar-refractivity contribution < 1.29 is 14.6 Å². The fraction of sp³-hybridized carbons (Fsp3) is 0.0556. The maximum absolute atomic E-state index is 10.0. The van der Waals surface area contributed by atoms with E-state index in [-0.39, 0.29) is 16.9 Å². The van der Waals surface area contributed by atoms with Crippen LogP contribution in [0, 0.1) is 22.7 Å². The molecule has 0 saturated heterocycles. The van der Waals surface area contributed by atoms with E-state index >= 15 is 0 Å². The molecule has 0 aliphatic rings. The molecule has 214 valence electrons. The fourth-order valence-corrected chi connectivity index (χ4v) is 7.09. The van der Waals surface area contributed by atoms with Crippen LogP contribution in [0.15, 0.2) is 109 Å². The molecule has 8 heteroatoms. The fourth-order valence-electron chi connectivity index (χ4n) is 4.95. The van der Waals surface area contributed by atoms with Gasteiger partial charge in [0.2, 0.25) is 0 Å². The topological polar surface area (TPSA) is 89.5 Å². The van der Waals surface area contributed by atoms with Crippen LogP contribution < -0.4 is 14.4 Å². The Morgan fingerprint density at radius 2 is 1.00 bits per heavy atom. The van der Waals surface area contributed by atoms with E-state index in [9.17, 15) is 15.6 Å². The van der Waals surface area contributed by atoms with E-state index in [2.05, 4.69) is 47.4 Å². The Labute approximate surface area is 263 Å². The number of rotatable bonds is 8. The molecule has 0 unspecified atom stereocenters. The van der Waals surface area contributed by atoms with Crippen LogP contribution in [-0.2, 0) is 0 Å². The minimum atomic E-state index is -0.186. The Morgan fingerprint density at radius 1 is 0.545 bits per heavy atom. The van der Waals surface area contributed by atoms with Gasteiger partial charge in [-0.3, -0.25) is 0 Å². The summed E-state index contributed by atoms with van der Waals surface area (Å²) >= 11 is 3.25. The van der Waals surface area contributed by atoms with E-state index < -0.39 is 0 Å². The molecule has 0 aliphatic heterocycles. The second-order valence-corrected chi connectivity index (χ2v) is 11.9. The van der Waals surface area contributed by atoms with Crippen molar-refractivity contribution in [3.8, 4) is 60.0 Å². The van der Waals surface area contributed by atoms with E-state index in [0.29, 0.717) is 5.56 Å². The van der Waals surface area contributed by atoms with Crippen molar-refractivity contribution in [1.29, 1.82) is 10.5 Å². The van der Waals surface area contributed by atoms with Crippen molar-refractivity contribution in [2.24, 2.45) is 0 Å². The summed E-state index contributed by atoms with van der Waals surface area (Å²) in [5.74, 6) is 1.41. The molecular formula is C36H25N3O3S2. The number of hydrogen-bond acceptors (Lipinski definition) is 8. The van der Waals surface area contributed by atoms with Crippen LogP contribution in [-0.4, -0.2) is 19.3 Å². The Kier molecular flexibility index (Phi) is 8.03. The van der Waals surface area contributed by atoms with Gasteiger partial charge in [-0.15, -0.1) is 22.7 Å². The van der Waals surface area contributed by atoms with Gasteiger partial charge in [0.1, 0.15) is 35.0 Å². The zero-order valence-electron chi connectivity index (χ0n) is 23.8. The highest BCUT2D eigenvalue weighted by atomic mass is 32.1. The first-order valence-electron chi connectivity index (χ1n) is 13.6. The van der Waals surface area contributed by atoms with Crippen LogP contribution >= 0.6 is 22.7 Å². The van der Waals surface area contributed by atoms with Gasteiger partial charge in [-0.25, -0.2) is 0 Å². The van der Waals surface area contributed by atoms with Crippen molar-refractivity contribution in [3.63, 3.8) is 0 Å². The minimum Gasteiger partial charge on any atom is -0.507 e. The molecular weight excluding hydrogens is 587 g/mol.